The lowest BCUT2D eigenvalue weighted by atomic mass is 9.99. The zero-order chi connectivity index (χ0) is 22.7. The van der Waals surface area contributed by atoms with Crippen LogP contribution in [-0.4, -0.2) is 52.0 Å². The third-order valence-corrected chi connectivity index (χ3v) is 4.80. The summed E-state index contributed by atoms with van der Waals surface area (Å²) in [6.07, 6.45) is 0. The van der Waals surface area contributed by atoms with Gasteiger partial charge < -0.3 is 19.5 Å². The van der Waals surface area contributed by atoms with Crippen LogP contribution in [0.2, 0.25) is 0 Å². The second kappa shape index (κ2) is 9.46. The summed E-state index contributed by atoms with van der Waals surface area (Å²) in [7, 11) is 1.74. The molecule has 1 aromatic rings. The maximum absolute atomic E-state index is 13.4. The number of ether oxygens (including phenoxy) is 1. The third-order valence-electron chi connectivity index (χ3n) is 4.80. The fourth-order valence-corrected chi connectivity index (χ4v) is 3.38. The molecule has 164 valence electrons. The van der Waals surface area contributed by atoms with Crippen molar-refractivity contribution in [1.82, 2.24) is 14.8 Å². The van der Waals surface area contributed by atoms with E-state index in [0.717, 1.165) is 0 Å². The topological polar surface area (TPSA) is 80.6 Å². The normalized spacial score (nSPS) is 12.7. The summed E-state index contributed by atoms with van der Waals surface area (Å²) >= 11 is 0. The molecule has 0 aliphatic heterocycles. The Morgan fingerprint density at radius 1 is 1.14 bits per heavy atom. The van der Waals surface area contributed by atoms with Crippen LogP contribution >= 0.6 is 0 Å². The summed E-state index contributed by atoms with van der Waals surface area (Å²) in [6, 6.07) is -0.946. The van der Waals surface area contributed by atoms with E-state index >= 15 is 0 Å². The molecule has 7 heteroatoms. The maximum Gasteiger partial charge on any atom is 0.355 e. The van der Waals surface area contributed by atoms with Gasteiger partial charge in [-0.25, -0.2) is 9.59 Å². The van der Waals surface area contributed by atoms with Crippen LogP contribution in [0.25, 0.3) is 0 Å². The van der Waals surface area contributed by atoms with E-state index in [2.05, 4.69) is 5.32 Å². The van der Waals surface area contributed by atoms with E-state index in [4.69, 9.17) is 4.74 Å². The first-order valence-electron chi connectivity index (χ1n) is 10.2. The van der Waals surface area contributed by atoms with Crippen LogP contribution in [0, 0.1) is 19.8 Å². The van der Waals surface area contributed by atoms with Crippen LogP contribution < -0.4 is 5.32 Å². The van der Waals surface area contributed by atoms with Crippen LogP contribution in [0.5, 0.6) is 0 Å². The number of Topliss-reactive ketones (excluding diaryl/α,β-unsaturated/α-hetero) is 1. The molecular weight excluding hydrogens is 370 g/mol. The van der Waals surface area contributed by atoms with Gasteiger partial charge in [0.1, 0.15) is 5.69 Å². The van der Waals surface area contributed by atoms with E-state index in [1.807, 2.05) is 34.6 Å². The predicted octanol–water partition coefficient (Wildman–Crippen LogP) is 3.86. The van der Waals surface area contributed by atoms with E-state index in [-0.39, 0.29) is 24.3 Å². The number of hydrogen-bond acceptors (Lipinski definition) is 4. The number of esters is 1. The monoisotopic (exact) mass is 407 g/mol. The summed E-state index contributed by atoms with van der Waals surface area (Å²) in [4.78, 5) is 40.3. The minimum absolute atomic E-state index is 0.184. The number of carbonyl (C=O) groups excluding carboxylic acids is 3. The largest absolute Gasteiger partial charge is 0.461 e. The van der Waals surface area contributed by atoms with Crippen molar-refractivity contribution in [1.29, 1.82) is 0 Å². The van der Waals surface area contributed by atoms with Gasteiger partial charge in [-0.2, -0.15) is 0 Å². The van der Waals surface area contributed by atoms with E-state index < -0.39 is 17.6 Å². The Hall–Kier alpha value is -2.31. The second-order valence-electron chi connectivity index (χ2n) is 8.98. The highest BCUT2D eigenvalue weighted by molar-refractivity contribution is 6.06. The molecule has 0 bridgehead atoms. The van der Waals surface area contributed by atoms with Crippen molar-refractivity contribution in [3.8, 4) is 0 Å². The van der Waals surface area contributed by atoms with Gasteiger partial charge in [-0.1, -0.05) is 13.8 Å². The van der Waals surface area contributed by atoms with Crippen LogP contribution in [0.15, 0.2) is 0 Å². The molecule has 1 unspecified atom stereocenters. The number of aromatic nitrogens is 1. The third kappa shape index (κ3) is 5.84. The molecule has 0 saturated heterocycles. The summed E-state index contributed by atoms with van der Waals surface area (Å²) in [5.41, 5.74) is 1.70. The summed E-state index contributed by atoms with van der Waals surface area (Å²) in [5.74, 6) is -0.438. The molecule has 0 fully saturated rings. The van der Waals surface area contributed by atoms with Gasteiger partial charge in [0.05, 0.1) is 12.6 Å². The predicted molar refractivity (Wildman–Crippen MR) is 114 cm³/mol. The van der Waals surface area contributed by atoms with Gasteiger partial charge in [-0.05, 0) is 59.9 Å². The molecule has 1 atom stereocenters. The van der Waals surface area contributed by atoms with Crippen molar-refractivity contribution < 1.29 is 19.1 Å². The smallest absolute Gasteiger partial charge is 0.355 e. The van der Waals surface area contributed by atoms with Gasteiger partial charge in [0.2, 0.25) is 0 Å². The van der Waals surface area contributed by atoms with Gasteiger partial charge in [-0.3, -0.25) is 4.79 Å². The Labute approximate surface area is 174 Å². The molecule has 1 heterocycles. The van der Waals surface area contributed by atoms with Crippen molar-refractivity contribution in [3.05, 3.63) is 22.5 Å². The molecule has 0 radical (unpaired) electrons. The maximum atomic E-state index is 13.4. The Balaban J connectivity index is 3.34. The average Bonchev–Trinajstić information content (AvgIpc) is 2.79. The molecule has 1 rings (SSSR count). The van der Waals surface area contributed by atoms with E-state index in [0.29, 0.717) is 29.1 Å². The zero-order valence-corrected chi connectivity index (χ0v) is 19.6. The zero-order valence-electron chi connectivity index (χ0n) is 19.6. The first kappa shape index (κ1) is 24.7. The Morgan fingerprint density at radius 3 is 2.14 bits per heavy atom. The number of rotatable bonds is 7. The number of hydrogen-bond donors (Lipinski definition) is 1. The van der Waals surface area contributed by atoms with E-state index in [1.165, 1.54) is 0 Å². The molecule has 0 spiro atoms. The fourth-order valence-electron chi connectivity index (χ4n) is 3.38. The minimum atomic E-state index is -0.672. The molecule has 2 amide bonds. The van der Waals surface area contributed by atoms with Gasteiger partial charge >= 0.3 is 12.0 Å². The van der Waals surface area contributed by atoms with E-state index in [1.54, 1.807) is 44.2 Å². The van der Waals surface area contributed by atoms with Gasteiger partial charge in [-0.15, -0.1) is 0 Å². The van der Waals surface area contributed by atoms with Crippen molar-refractivity contribution in [2.24, 2.45) is 13.0 Å². The molecule has 29 heavy (non-hydrogen) atoms. The number of nitrogens with one attached hydrogen (secondary N) is 1. The standard InChI is InChI=1S/C22H37N3O4/c1-11-29-20(27)18-14(4)17(15(5)24(18)10)19(26)16(6)25(12-13(2)3)21(28)23-22(7,8)9/h13,16H,11-12H2,1-10H3,(H,23,28). The molecule has 0 aliphatic rings. The molecule has 0 aromatic carbocycles. The number of carbonyl (C=O) groups is 3. The first-order valence-corrected chi connectivity index (χ1v) is 10.2. The Morgan fingerprint density at radius 2 is 1.69 bits per heavy atom. The minimum Gasteiger partial charge on any atom is -0.461 e. The van der Waals surface area contributed by atoms with E-state index in [9.17, 15) is 14.4 Å². The van der Waals surface area contributed by atoms with Crippen LogP contribution in [0.3, 0.4) is 0 Å². The number of urea groups is 1. The quantitative estimate of drug-likeness (QED) is 0.550. The van der Waals surface area contributed by atoms with Crippen molar-refractivity contribution in [2.75, 3.05) is 13.2 Å². The Bertz CT molecular complexity index is 772. The SMILES string of the molecule is CCOC(=O)c1c(C)c(C(=O)C(C)N(CC(C)C)C(=O)NC(C)(C)C)c(C)n1C. The van der Waals surface area contributed by atoms with Crippen LogP contribution in [0.1, 0.15) is 80.6 Å². The number of nitrogens with zero attached hydrogens (tertiary/aromatic N) is 2. The highest BCUT2D eigenvalue weighted by atomic mass is 16.5. The first-order chi connectivity index (χ1) is 13.2. The van der Waals surface area contributed by atoms with Gasteiger partial charge in [0.25, 0.3) is 0 Å². The average molecular weight is 408 g/mol. The number of amides is 2. The highest BCUT2D eigenvalue weighted by Crippen LogP contribution is 2.25. The highest BCUT2D eigenvalue weighted by Gasteiger charge is 2.33. The van der Waals surface area contributed by atoms with Gasteiger partial charge in [0.15, 0.2) is 5.78 Å². The lowest BCUT2D eigenvalue weighted by molar-refractivity contribution is 0.0514. The van der Waals surface area contributed by atoms with Crippen LogP contribution in [-0.2, 0) is 11.8 Å². The van der Waals surface area contributed by atoms with Crippen molar-refractivity contribution in [2.45, 2.75) is 73.9 Å². The molecule has 1 N–H and O–H groups in total. The molecule has 1 aromatic heterocycles. The molecule has 7 nitrogen and oxygen atoms in total. The molecule has 0 saturated carbocycles. The summed E-state index contributed by atoms with van der Waals surface area (Å²) in [6.45, 7) is 17.5. The fraction of sp³-hybridized carbons (Fsp3) is 0.682. The lowest BCUT2D eigenvalue weighted by Gasteiger charge is -2.33. The number of ketones is 1. The van der Waals surface area contributed by atoms with Crippen LogP contribution in [0.4, 0.5) is 4.79 Å². The van der Waals surface area contributed by atoms with Crippen molar-refractivity contribution >= 4 is 17.8 Å². The molecular formula is C22H37N3O4. The lowest BCUT2D eigenvalue weighted by Crippen LogP contribution is -2.54. The Kier molecular flexibility index (Phi) is 8.07. The van der Waals surface area contributed by atoms with Gasteiger partial charge in [0, 0.05) is 30.4 Å². The van der Waals surface area contributed by atoms with Crippen molar-refractivity contribution in [3.63, 3.8) is 0 Å². The summed E-state index contributed by atoms with van der Waals surface area (Å²) in [5, 5.41) is 2.95. The molecule has 0 aliphatic carbocycles. The summed E-state index contributed by atoms with van der Waals surface area (Å²) < 4.78 is 6.84. The second-order valence-corrected chi connectivity index (χ2v) is 8.98.